The quantitative estimate of drug-likeness (QED) is 0.117. The first-order valence-corrected chi connectivity index (χ1v) is 14.6. The van der Waals surface area contributed by atoms with Crippen molar-refractivity contribution in [1.82, 2.24) is 0 Å². The average molecular weight is 659 g/mol. The molecule has 12 heteroatoms. The molecule has 6 nitrogen and oxygen atoms in total. The van der Waals surface area contributed by atoms with Crippen molar-refractivity contribution in [2.75, 3.05) is 16.8 Å². The van der Waals surface area contributed by atoms with E-state index in [4.69, 9.17) is 9.84 Å². The summed E-state index contributed by atoms with van der Waals surface area (Å²) in [4.78, 5) is 26.0. The summed E-state index contributed by atoms with van der Waals surface area (Å²) in [5.41, 5.74) is 2.17. The minimum absolute atomic E-state index is 0.0614. The van der Waals surface area contributed by atoms with Gasteiger partial charge in [0.25, 0.3) is 5.91 Å². The predicted molar refractivity (Wildman–Crippen MR) is 165 cm³/mol. The van der Waals surface area contributed by atoms with Crippen LogP contribution < -0.4 is 15.0 Å². The number of carbonyl (C=O) groups excluding carboxylic acids is 1. The van der Waals surface area contributed by atoms with E-state index in [0.29, 0.717) is 44.9 Å². The Balaban J connectivity index is 1.61. The largest absolute Gasteiger partial charge is 0.491 e. The number of hydrogen-bond donors (Lipinski definition) is 2. The molecule has 0 radical (unpaired) electrons. The van der Waals surface area contributed by atoms with Gasteiger partial charge in [-0.1, -0.05) is 36.4 Å². The second-order valence-corrected chi connectivity index (χ2v) is 10.9. The van der Waals surface area contributed by atoms with Crippen LogP contribution in [0.25, 0.3) is 0 Å². The standard InChI is InChI=1S/C35H32F6N2O4/c1-22-23(2)30(18-17-28(22)33(46)42-29-6-3-4-7-31(29)47-19-5-8-32(44)45)43(20-24-9-13-26(14-10-24)34(36,37)38)21-25-11-15-27(16-12-25)35(39,40)41/h3-4,6-7,9-18H,5,8,19-21H2,1-2H3,(H,42,46)(H,44,45). The number of halogens is 6. The number of benzene rings is 4. The zero-order chi connectivity index (χ0) is 34.4. The van der Waals surface area contributed by atoms with Gasteiger partial charge < -0.3 is 20.1 Å². The Hall–Kier alpha value is -5.00. The van der Waals surface area contributed by atoms with Gasteiger partial charge >= 0.3 is 18.3 Å². The molecule has 0 fully saturated rings. The molecule has 0 aliphatic heterocycles. The summed E-state index contributed by atoms with van der Waals surface area (Å²) >= 11 is 0. The van der Waals surface area contributed by atoms with Gasteiger partial charge in [0.1, 0.15) is 5.75 Å². The minimum Gasteiger partial charge on any atom is -0.491 e. The Kier molecular flexibility index (Phi) is 10.8. The second kappa shape index (κ2) is 14.6. The van der Waals surface area contributed by atoms with Crippen LogP contribution in [0.3, 0.4) is 0 Å². The summed E-state index contributed by atoms with van der Waals surface area (Å²) in [6.45, 7) is 3.94. The van der Waals surface area contributed by atoms with E-state index in [1.807, 2.05) is 4.90 Å². The van der Waals surface area contributed by atoms with Gasteiger partial charge in [0.2, 0.25) is 0 Å². The van der Waals surface area contributed by atoms with Gasteiger partial charge in [0.05, 0.1) is 23.4 Å². The summed E-state index contributed by atoms with van der Waals surface area (Å²) in [5, 5.41) is 11.7. The number of carbonyl (C=O) groups is 2. The van der Waals surface area contributed by atoms with E-state index >= 15 is 0 Å². The lowest BCUT2D eigenvalue weighted by molar-refractivity contribution is -0.138. The van der Waals surface area contributed by atoms with E-state index in [2.05, 4.69) is 5.32 Å². The molecule has 1 amide bonds. The van der Waals surface area contributed by atoms with Crippen molar-refractivity contribution >= 4 is 23.3 Å². The monoisotopic (exact) mass is 658 g/mol. The van der Waals surface area contributed by atoms with Crippen molar-refractivity contribution in [3.8, 4) is 5.75 Å². The molecule has 0 saturated carbocycles. The maximum Gasteiger partial charge on any atom is 0.416 e. The third-order valence-electron chi connectivity index (χ3n) is 7.58. The number of aliphatic carboxylic acids is 1. The van der Waals surface area contributed by atoms with Crippen LogP contribution in [0, 0.1) is 13.8 Å². The molecule has 2 N–H and O–H groups in total. The fraction of sp³-hybridized carbons (Fsp3) is 0.257. The van der Waals surface area contributed by atoms with Crippen LogP contribution in [0.5, 0.6) is 5.75 Å². The number of carboxylic acids is 1. The minimum atomic E-state index is -4.50. The van der Waals surface area contributed by atoms with Crippen molar-refractivity contribution in [2.24, 2.45) is 0 Å². The second-order valence-electron chi connectivity index (χ2n) is 10.9. The summed E-state index contributed by atoms with van der Waals surface area (Å²) in [5.74, 6) is -1.01. The molecule has 4 aromatic carbocycles. The van der Waals surface area contributed by atoms with Gasteiger partial charge in [-0.05, 0) is 91.1 Å². The van der Waals surface area contributed by atoms with Crippen LogP contribution in [-0.2, 0) is 30.2 Å². The first-order chi connectivity index (χ1) is 22.1. The maximum absolute atomic E-state index is 13.4. The SMILES string of the molecule is Cc1c(C(=O)Nc2ccccc2OCCCC(=O)O)ccc(N(Cc2ccc(C(F)(F)F)cc2)Cc2ccc(C(F)(F)F)cc2)c1C. The smallest absolute Gasteiger partial charge is 0.416 e. The fourth-order valence-corrected chi connectivity index (χ4v) is 4.95. The van der Waals surface area contributed by atoms with Crippen LogP contribution in [-0.4, -0.2) is 23.6 Å². The summed E-state index contributed by atoms with van der Waals surface area (Å²) in [7, 11) is 0. The molecule has 0 aromatic heterocycles. The molecule has 248 valence electrons. The summed E-state index contributed by atoms with van der Waals surface area (Å²) in [6, 6.07) is 19.4. The predicted octanol–water partition coefficient (Wildman–Crippen LogP) is 9.04. The lowest BCUT2D eigenvalue weighted by Crippen LogP contribution is -2.24. The number of para-hydroxylation sites is 2. The number of ether oxygens (including phenoxy) is 1. The van der Waals surface area contributed by atoms with Crippen LogP contribution in [0.4, 0.5) is 37.7 Å². The average Bonchev–Trinajstić information content (AvgIpc) is 3.00. The van der Waals surface area contributed by atoms with Crippen molar-refractivity contribution < 1.29 is 45.8 Å². The van der Waals surface area contributed by atoms with Gasteiger partial charge in [-0.2, -0.15) is 26.3 Å². The Labute approximate surface area is 267 Å². The molecule has 0 heterocycles. The molecule has 0 saturated heterocycles. The number of hydrogen-bond acceptors (Lipinski definition) is 4. The molecule has 4 aromatic rings. The lowest BCUT2D eigenvalue weighted by Gasteiger charge is -2.28. The molecule has 0 unspecified atom stereocenters. The van der Waals surface area contributed by atoms with Gasteiger partial charge in [-0.3, -0.25) is 9.59 Å². The van der Waals surface area contributed by atoms with E-state index in [0.717, 1.165) is 24.3 Å². The molecular formula is C35H32F6N2O4. The van der Waals surface area contributed by atoms with Gasteiger partial charge in [0.15, 0.2) is 0 Å². The van der Waals surface area contributed by atoms with Crippen molar-refractivity contribution in [2.45, 2.75) is 52.1 Å². The van der Waals surface area contributed by atoms with Crippen LogP contribution >= 0.6 is 0 Å². The van der Waals surface area contributed by atoms with Crippen molar-refractivity contribution in [1.29, 1.82) is 0 Å². The Bertz CT molecular complexity index is 1640. The van der Waals surface area contributed by atoms with Crippen LogP contribution in [0.2, 0.25) is 0 Å². The highest BCUT2D eigenvalue weighted by Crippen LogP contribution is 2.33. The van der Waals surface area contributed by atoms with E-state index in [1.54, 1.807) is 50.2 Å². The number of carboxylic acid groups (broad SMARTS) is 1. The lowest BCUT2D eigenvalue weighted by atomic mass is 9.99. The molecule has 0 aliphatic rings. The number of nitrogens with zero attached hydrogens (tertiary/aromatic N) is 1. The highest BCUT2D eigenvalue weighted by molar-refractivity contribution is 6.06. The maximum atomic E-state index is 13.4. The van der Waals surface area contributed by atoms with Crippen LogP contribution in [0.15, 0.2) is 84.9 Å². The number of nitrogens with one attached hydrogen (secondary N) is 1. The van der Waals surface area contributed by atoms with E-state index in [9.17, 15) is 35.9 Å². The number of anilines is 2. The Morgan fingerprint density at radius 3 is 1.79 bits per heavy atom. The van der Waals surface area contributed by atoms with E-state index in [-0.39, 0.29) is 32.5 Å². The first kappa shape index (κ1) is 34.9. The topological polar surface area (TPSA) is 78.9 Å². The Morgan fingerprint density at radius 1 is 0.745 bits per heavy atom. The zero-order valence-corrected chi connectivity index (χ0v) is 25.5. The molecule has 0 spiro atoms. The number of rotatable bonds is 12. The van der Waals surface area contributed by atoms with E-state index in [1.165, 1.54) is 24.3 Å². The van der Waals surface area contributed by atoms with Crippen molar-refractivity contribution in [3.05, 3.63) is 124 Å². The fourth-order valence-electron chi connectivity index (χ4n) is 4.95. The van der Waals surface area contributed by atoms with Crippen molar-refractivity contribution in [3.63, 3.8) is 0 Å². The van der Waals surface area contributed by atoms with Gasteiger partial charge in [-0.15, -0.1) is 0 Å². The highest BCUT2D eigenvalue weighted by atomic mass is 19.4. The summed E-state index contributed by atoms with van der Waals surface area (Å²) < 4.78 is 84.6. The Morgan fingerprint density at radius 2 is 1.28 bits per heavy atom. The van der Waals surface area contributed by atoms with E-state index < -0.39 is 35.4 Å². The normalized spacial score (nSPS) is 11.7. The highest BCUT2D eigenvalue weighted by Gasteiger charge is 2.31. The molecule has 0 bridgehead atoms. The van der Waals surface area contributed by atoms with Crippen LogP contribution in [0.1, 0.15) is 56.6 Å². The molecule has 47 heavy (non-hydrogen) atoms. The molecular weight excluding hydrogens is 626 g/mol. The first-order valence-electron chi connectivity index (χ1n) is 14.6. The molecule has 4 rings (SSSR count). The zero-order valence-electron chi connectivity index (χ0n) is 25.5. The number of amides is 1. The van der Waals surface area contributed by atoms with Gasteiger partial charge in [-0.25, -0.2) is 0 Å². The third kappa shape index (κ3) is 9.27. The molecule has 0 aliphatic carbocycles. The summed E-state index contributed by atoms with van der Waals surface area (Å²) in [6.07, 6.45) is -8.79. The third-order valence-corrected chi connectivity index (χ3v) is 7.58. The molecule has 0 atom stereocenters. The number of alkyl halides is 6. The van der Waals surface area contributed by atoms with Gasteiger partial charge in [0, 0.05) is 30.8 Å².